The maximum absolute atomic E-state index is 4.29. The first kappa shape index (κ1) is 8.44. The third-order valence-electron chi connectivity index (χ3n) is 1.71. The van der Waals surface area contributed by atoms with Gasteiger partial charge in [0, 0.05) is 12.4 Å². The van der Waals surface area contributed by atoms with Gasteiger partial charge in [0.25, 0.3) is 0 Å². The summed E-state index contributed by atoms with van der Waals surface area (Å²) in [5.41, 5.74) is 1.95. The molecule has 0 aliphatic rings. The zero-order valence-electron chi connectivity index (χ0n) is 7.11. The zero-order valence-corrected chi connectivity index (χ0v) is 8.69. The van der Waals surface area contributed by atoms with Crippen molar-refractivity contribution >= 4 is 15.9 Å². The predicted octanol–water partition coefficient (Wildman–Crippen LogP) is 2.34. The van der Waals surface area contributed by atoms with Gasteiger partial charge in [0.05, 0.1) is 11.4 Å². The SMILES string of the molecule is Cc1ccn(-c2cccnc2Br)n1. The minimum Gasteiger partial charge on any atom is -0.247 e. The molecule has 3 nitrogen and oxygen atoms in total. The third kappa shape index (κ3) is 1.62. The first-order valence-electron chi connectivity index (χ1n) is 3.90. The Labute approximate surface area is 84.5 Å². The maximum atomic E-state index is 4.29. The number of aryl methyl sites for hydroxylation is 1. The second-order valence-electron chi connectivity index (χ2n) is 2.72. The first-order chi connectivity index (χ1) is 6.27. The van der Waals surface area contributed by atoms with Crippen molar-refractivity contribution in [2.24, 2.45) is 0 Å². The zero-order chi connectivity index (χ0) is 9.26. The Bertz CT molecular complexity index is 422. The standard InChI is InChI=1S/C9H8BrN3/c1-7-4-6-13(12-7)8-3-2-5-11-9(8)10/h2-6H,1H3. The summed E-state index contributed by atoms with van der Waals surface area (Å²) in [5.74, 6) is 0. The monoisotopic (exact) mass is 237 g/mol. The molecule has 2 rings (SSSR count). The topological polar surface area (TPSA) is 30.7 Å². The van der Waals surface area contributed by atoms with Gasteiger partial charge in [-0.1, -0.05) is 0 Å². The lowest BCUT2D eigenvalue weighted by atomic mass is 10.4. The summed E-state index contributed by atoms with van der Waals surface area (Å²) in [5, 5.41) is 4.29. The molecule has 2 aromatic rings. The van der Waals surface area contributed by atoms with Crippen molar-refractivity contribution in [3.05, 3.63) is 40.9 Å². The average molecular weight is 238 g/mol. The largest absolute Gasteiger partial charge is 0.247 e. The summed E-state index contributed by atoms with van der Waals surface area (Å²) >= 11 is 3.37. The van der Waals surface area contributed by atoms with E-state index in [1.807, 2.05) is 31.3 Å². The summed E-state index contributed by atoms with van der Waals surface area (Å²) in [6, 6.07) is 5.81. The summed E-state index contributed by atoms with van der Waals surface area (Å²) in [6.07, 6.45) is 3.65. The molecule has 0 aliphatic heterocycles. The number of rotatable bonds is 1. The highest BCUT2D eigenvalue weighted by molar-refractivity contribution is 9.10. The smallest absolute Gasteiger partial charge is 0.131 e. The van der Waals surface area contributed by atoms with Gasteiger partial charge in [0.15, 0.2) is 0 Å². The van der Waals surface area contributed by atoms with Gasteiger partial charge in [-0.15, -0.1) is 0 Å². The van der Waals surface area contributed by atoms with E-state index in [0.29, 0.717) is 0 Å². The Hall–Kier alpha value is -1.16. The Morgan fingerprint density at radius 3 is 2.85 bits per heavy atom. The lowest BCUT2D eigenvalue weighted by Crippen LogP contribution is -1.96. The van der Waals surface area contributed by atoms with Crippen LogP contribution in [0.5, 0.6) is 0 Å². The molecule has 0 amide bonds. The number of nitrogens with zero attached hydrogens (tertiary/aromatic N) is 3. The third-order valence-corrected chi connectivity index (χ3v) is 2.32. The molecule has 0 bridgehead atoms. The lowest BCUT2D eigenvalue weighted by molar-refractivity contribution is 0.851. The molecule has 2 aromatic heterocycles. The molecule has 0 aromatic carbocycles. The minimum absolute atomic E-state index is 0.804. The fourth-order valence-electron chi connectivity index (χ4n) is 1.10. The normalized spacial score (nSPS) is 10.3. The van der Waals surface area contributed by atoms with Crippen LogP contribution in [0.1, 0.15) is 5.69 Å². The van der Waals surface area contributed by atoms with Crippen molar-refractivity contribution < 1.29 is 0 Å². The quantitative estimate of drug-likeness (QED) is 0.714. The van der Waals surface area contributed by atoms with Crippen molar-refractivity contribution in [1.29, 1.82) is 0 Å². The van der Waals surface area contributed by atoms with Gasteiger partial charge in [-0.3, -0.25) is 0 Å². The molecule has 0 unspecified atom stereocenters. The van der Waals surface area contributed by atoms with Gasteiger partial charge in [0.1, 0.15) is 4.60 Å². The summed E-state index contributed by atoms with van der Waals surface area (Å²) in [7, 11) is 0. The van der Waals surface area contributed by atoms with Gasteiger partial charge >= 0.3 is 0 Å². The highest BCUT2D eigenvalue weighted by Gasteiger charge is 2.02. The van der Waals surface area contributed by atoms with Crippen LogP contribution in [0.15, 0.2) is 35.2 Å². The van der Waals surface area contributed by atoms with E-state index in [-0.39, 0.29) is 0 Å². The number of hydrogen-bond acceptors (Lipinski definition) is 2. The van der Waals surface area contributed by atoms with Crippen molar-refractivity contribution in [3.8, 4) is 5.69 Å². The second kappa shape index (κ2) is 3.30. The Balaban J connectivity index is 2.52. The fourth-order valence-corrected chi connectivity index (χ4v) is 1.53. The van der Waals surface area contributed by atoms with Crippen LogP contribution in [0.3, 0.4) is 0 Å². The second-order valence-corrected chi connectivity index (χ2v) is 3.47. The fraction of sp³-hybridized carbons (Fsp3) is 0.111. The van der Waals surface area contributed by atoms with E-state index < -0.39 is 0 Å². The highest BCUT2D eigenvalue weighted by Crippen LogP contribution is 2.16. The van der Waals surface area contributed by atoms with E-state index in [1.165, 1.54) is 0 Å². The van der Waals surface area contributed by atoms with Gasteiger partial charge in [-0.2, -0.15) is 5.10 Å². The first-order valence-corrected chi connectivity index (χ1v) is 4.70. The van der Waals surface area contributed by atoms with Gasteiger partial charge in [0.2, 0.25) is 0 Å². The minimum atomic E-state index is 0.804. The summed E-state index contributed by atoms with van der Waals surface area (Å²) < 4.78 is 2.60. The molecule has 0 atom stereocenters. The van der Waals surface area contributed by atoms with Gasteiger partial charge in [-0.05, 0) is 41.1 Å². The number of pyridine rings is 1. The van der Waals surface area contributed by atoms with Crippen LogP contribution in [-0.2, 0) is 0 Å². The molecular formula is C9H8BrN3. The Kier molecular flexibility index (Phi) is 2.14. The molecule has 2 heterocycles. The Morgan fingerprint density at radius 2 is 2.23 bits per heavy atom. The van der Waals surface area contributed by atoms with E-state index >= 15 is 0 Å². The maximum Gasteiger partial charge on any atom is 0.131 e. The molecule has 0 aliphatic carbocycles. The molecule has 0 fully saturated rings. The summed E-state index contributed by atoms with van der Waals surface area (Å²) in [6.45, 7) is 1.96. The van der Waals surface area contributed by atoms with Crippen molar-refractivity contribution in [1.82, 2.24) is 14.8 Å². The molecule has 66 valence electrons. The highest BCUT2D eigenvalue weighted by atomic mass is 79.9. The van der Waals surface area contributed by atoms with Crippen molar-refractivity contribution in [2.75, 3.05) is 0 Å². The van der Waals surface area contributed by atoms with Crippen LogP contribution < -0.4 is 0 Å². The van der Waals surface area contributed by atoms with E-state index in [4.69, 9.17) is 0 Å². The number of aromatic nitrogens is 3. The molecule has 0 saturated heterocycles. The molecule has 0 saturated carbocycles. The van der Waals surface area contributed by atoms with Gasteiger partial charge < -0.3 is 0 Å². The van der Waals surface area contributed by atoms with Crippen LogP contribution in [-0.4, -0.2) is 14.8 Å². The van der Waals surface area contributed by atoms with E-state index in [1.54, 1.807) is 10.9 Å². The molecule has 0 N–H and O–H groups in total. The van der Waals surface area contributed by atoms with E-state index in [9.17, 15) is 0 Å². The molecule has 0 radical (unpaired) electrons. The Morgan fingerprint density at radius 1 is 1.38 bits per heavy atom. The van der Waals surface area contributed by atoms with Crippen molar-refractivity contribution in [2.45, 2.75) is 6.92 Å². The lowest BCUT2D eigenvalue weighted by Gasteiger charge is -2.01. The predicted molar refractivity (Wildman–Crippen MR) is 53.8 cm³/mol. The van der Waals surface area contributed by atoms with Crippen LogP contribution in [0, 0.1) is 6.92 Å². The van der Waals surface area contributed by atoms with Crippen molar-refractivity contribution in [3.63, 3.8) is 0 Å². The molecule has 4 heteroatoms. The van der Waals surface area contributed by atoms with Gasteiger partial charge in [-0.25, -0.2) is 9.67 Å². The average Bonchev–Trinajstić information content (AvgIpc) is 2.53. The number of hydrogen-bond donors (Lipinski definition) is 0. The van der Waals surface area contributed by atoms with Crippen LogP contribution >= 0.6 is 15.9 Å². The number of halogens is 1. The molecular weight excluding hydrogens is 230 g/mol. The van der Waals surface area contributed by atoms with E-state index in [0.717, 1.165) is 16.0 Å². The summed E-state index contributed by atoms with van der Waals surface area (Å²) in [4.78, 5) is 4.12. The molecule has 0 spiro atoms. The van der Waals surface area contributed by atoms with Crippen LogP contribution in [0.25, 0.3) is 5.69 Å². The van der Waals surface area contributed by atoms with Crippen LogP contribution in [0.2, 0.25) is 0 Å². The molecule has 13 heavy (non-hydrogen) atoms. The van der Waals surface area contributed by atoms with Crippen LogP contribution in [0.4, 0.5) is 0 Å². The van der Waals surface area contributed by atoms with E-state index in [2.05, 4.69) is 26.0 Å².